The Morgan fingerprint density at radius 1 is 1.44 bits per heavy atom. The summed E-state index contributed by atoms with van der Waals surface area (Å²) in [5.74, 6) is 0.139. The fourth-order valence-corrected chi connectivity index (χ4v) is 2.05. The van der Waals surface area contributed by atoms with Gasteiger partial charge < -0.3 is 10.6 Å². The molecule has 0 saturated heterocycles. The third kappa shape index (κ3) is 4.31. The van der Waals surface area contributed by atoms with Crippen LogP contribution in [-0.2, 0) is 11.3 Å². The van der Waals surface area contributed by atoms with E-state index in [2.05, 4.69) is 10.6 Å². The lowest BCUT2D eigenvalue weighted by Crippen LogP contribution is -2.29. The molecule has 98 valence electrons. The predicted octanol–water partition coefficient (Wildman–Crippen LogP) is 2.41. The van der Waals surface area contributed by atoms with E-state index in [4.69, 9.17) is 11.6 Å². The van der Waals surface area contributed by atoms with Gasteiger partial charge in [0.25, 0.3) is 0 Å². The van der Waals surface area contributed by atoms with Gasteiger partial charge in [0.15, 0.2) is 0 Å². The third-order valence-corrected chi connectivity index (χ3v) is 3.35. The van der Waals surface area contributed by atoms with E-state index in [1.165, 1.54) is 0 Å². The van der Waals surface area contributed by atoms with Crippen LogP contribution in [0.4, 0.5) is 0 Å². The van der Waals surface area contributed by atoms with Crippen LogP contribution in [0.5, 0.6) is 0 Å². The number of hydrogen-bond donors (Lipinski definition) is 2. The van der Waals surface area contributed by atoms with Gasteiger partial charge >= 0.3 is 0 Å². The second-order valence-corrected chi connectivity index (χ2v) is 5.27. The predicted molar refractivity (Wildman–Crippen MR) is 73.7 cm³/mol. The average Bonchev–Trinajstić information content (AvgIpc) is 3.10. The highest BCUT2D eigenvalue weighted by Gasteiger charge is 2.22. The maximum atomic E-state index is 11.4. The first kappa shape index (κ1) is 13.4. The van der Waals surface area contributed by atoms with Crippen molar-refractivity contribution in [2.45, 2.75) is 38.8 Å². The fourth-order valence-electron chi connectivity index (χ4n) is 1.75. The van der Waals surface area contributed by atoms with Crippen molar-refractivity contribution in [1.82, 2.24) is 10.6 Å². The quantitative estimate of drug-likeness (QED) is 0.777. The summed E-state index contributed by atoms with van der Waals surface area (Å²) in [6, 6.07) is 6.47. The van der Waals surface area contributed by atoms with Crippen molar-refractivity contribution in [3.63, 3.8) is 0 Å². The molecule has 2 N–H and O–H groups in total. The van der Waals surface area contributed by atoms with Crippen LogP contribution in [0.25, 0.3) is 0 Å². The van der Waals surface area contributed by atoms with Crippen molar-refractivity contribution in [2.24, 2.45) is 0 Å². The molecule has 1 aliphatic carbocycles. The largest absolute Gasteiger partial charge is 0.353 e. The molecule has 0 spiro atoms. The van der Waals surface area contributed by atoms with E-state index in [0.717, 1.165) is 29.0 Å². The summed E-state index contributed by atoms with van der Waals surface area (Å²) < 4.78 is 0. The molecule has 0 atom stereocenters. The molecular weight excluding hydrogens is 248 g/mol. The normalized spacial score (nSPS) is 14.6. The minimum absolute atomic E-state index is 0.139. The van der Waals surface area contributed by atoms with Gasteiger partial charge in [-0.3, -0.25) is 4.79 Å². The second kappa shape index (κ2) is 6.21. The maximum absolute atomic E-state index is 11.4. The minimum atomic E-state index is 0.139. The summed E-state index contributed by atoms with van der Waals surface area (Å²) in [6.45, 7) is 3.41. The molecule has 1 saturated carbocycles. The number of carbonyl (C=O) groups excluding carboxylic acids is 1. The molecule has 2 rings (SSSR count). The smallest absolute Gasteiger partial charge is 0.221 e. The van der Waals surface area contributed by atoms with E-state index < -0.39 is 0 Å². The van der Waals surface area contributed by atoms with Gasteiger partial charge in [0.05, 0.1) is 0 Å². The van der Waals surface area contributed by atoms with Crippen LogP contribution in [-0.4, -0.2) is 18.5 Å². The van der Waals surface area contributed by atoms with Gasteiger partial charge in [0.1, 0.15) is 0 Å². The summed E-state index contributed by atoms with van der Waals surface area (Å²) in [7, 11) is 0. The number of carbonyl (C=O) groups is 1. The Balaban J connectivity index is 1.66. The van der Waals surface area contributed by atoms with Gasteiger partial charge in [-0.1, -0.05) is 23.7 Å². The zero-order valence-corrected chi connectivity index (χ0v) is 11.4. The molecule has 3 nitrogen and oxygen atoms in total. The van der Waals surface area contributed by atoms with Crippen LogP contribution in [0, 0.1) is 6.92 Å². The van der Waals surface area contributed by atoms with E-state index in [1.807, 2.05) is 25.1 Å². The van der Waals surface area contributed by atoms with Gasteiger partial charge in [-0.25, -0.2) is 0 Å². The first-order valence-electron chi connectivity index (χ1n) is 6.40. The van der Waals surface area contributed by atoms with Crippen LogP contribution >= 0.6 is 11.6 Å². The third-order valence-electron chi connectivity index (χ3n) is 3.00. The maximum Gasteiger partial charge on any atom is 0.221 e. The molecule has 18 heavy (non-hydrogen) atoms. The number of rotatable bonds is 6. The highest BCUT2D eigenvalue weighted by Crippen LogP contribution is 2.18. The van der Waals surface area contributed by atoms with Crippen molar-refractivity contribution >= 4 is 17.5 Å². The van der Waals surface area contributed by atoms with Gasteiger partial charge in [0.2, 0.25) is 5.91 Å². The Labute approximate surface area is 113 Å². The zero-order valence-electron chi connectivity index (χ0n) is 10.6. The highest BCUT2D eigenvalue weighted by molar-refractivity contribution is 6.31. The van der Waals surface area contributed by atoms with Crippen molar-refractivity contribution in [3.05, 3.63) is 34.3 Å². The van der Waals surface area contributed by atoms with Crippen molar-refractivity contribution < 1.29 is 4.79 Å². The number of amides is 1. The van der Waals surface area contributed by atoms with Crippen molar-refractivity contribution in [2.75, 3.05) is 6.54 Å². The van der Waals surface area contributed by atoms with Crippen LogP contribution < -0.4 is 10.6 Å². The first-order chi connectivity index (χ1) is 8.65. The Morgan fingerprint density at radius 3 is 2.89 bits per heavy atom. The lowest BCUT2D eigenvalue weighted by molar-refractivity contribution is -0.121. The molecule has 1 aliphatic rings. The van der Waals surface area contributed by atoms with E-state index >= 15 is 0 Å². The Bertz CT molecular complexity index is 430. The number of benzene rings is 1. The fraction of sp³-hybridized carbons (Fsp3) is 0.500. The molecule has 0 unspecified atom stereocenters. The zero-order chi connectivity index (χ0) is 13.0. The summed E-state index contributed by atoms with van der Waals surface area (Å²) in [6.07, 6.45) is 2.80. The van der Waals surface area contributed by atoms with E-state index in [9.17, 15) is 4.79 Å². The minimum Gasteiger partial charge on any atom is -0.353 e. The van der Waals surface area contributed by atoms with Crippen LogP contribution in [0.15, 0.2) is 18.2 Å². The molecule has 0 aromatic heterocycles. The summed E-state index contributed by atoms with van der Waals surface area (Å²) in [5.41, 5.74) is 2.23. The van der Waals surface area contributed by atoms with Crippen molar-refractivity contribution in [3.8, 4) is 0 Å². The van der Waals surface area contributed by atoms with E-state index in [1.54, 1.807) is 0 Å². The van der Waals surface area contributed by atoms with Gasteiger partial charge in [-0.15, -0.1) is 0 Å². The van der Waals surface area contributed by atoms with Gasteiger partial charge in [0, 0.05) is 30.6 Å². The molecule has 1 aromatic carbocycles. The highest BCUT2D eigenvalue weighted by atomic mass is 35.5. The Kier molecular flexibility index (Phi) is 4.61. The number of aryl methyl sites for hydroxylation is 1. The standard InChI is InChI=1S/C14H19ClN2O/c1-10-2-3-11(13(15)8-10)9-16-7-6-14(18)17-12-4-5-12/h2-3,8,12,16H,4-7,9H2,1H3,(H,17,18). The summed E-state index contributed by atoms with van der Waals surface area (Å²) >= 11 is 6.13. The Morgan fingerprint density at radius 2 is 2.22 bits per heavy atom. The first-order valence-corrected chi connectivity index (χ1v) is 6.78. The molecule has 4 heteroatoms. The van der Waals surface area contributed by atoms with E-state index in [0.29, 0.717) is 25.6 Å². The van der Waals surface area contributed by atoms with Crippen LogP contribution in [0.3, 0.4) is 0 Å². The summed E-state index contributed by atoms with van der Waals surface area (Å²) in [4.78, 5) is 11.4. The molecule has 1 amide bonds. The van der Waals surface area contributed by atoms with Gasteiger partial charge in [-0.05, 0) is 37.0 Å². The average molecular weight is 267 g/mol. The number of halogens is 1. The molecule has 0 bridgehead atoms. The number of hydrogen-bond acceptors (Lipinski definition) is 2. The lowest BCUT2D eigenvalue weighted by atomic mass is 10.1. The van der Waals surface area contributed by atoms with Crippen molar-refractivity contribution in [1.29, 1.82) is 0 Å². The monoisotopic (exact) mass is 266 g/mol. The molecular formula is C14H19ClN2O. The molecule has 0 aliphatic heterocycles. The summed E-state index contributed by atoms with van der Waals surface area (Å²) in [5, 5.41) is 6.99. The second-order valence-electron chi connectivity index (χ2n) is 4.86. The molecule has 0 heterocycles. The number of nitrogens with one attached hydrogen (secondary N) is 2. The van der Waals surface area contributed by atoms with Crippen LogP contribution in [0.2, 0.25) is 5.02 Å². The lowest BCUT2D eigenvalue weighted by Gasteiger charge is -2.07. The van der Waals surface area contributed by atoms with Gasteiger partial charge in [-0.2, -0.15) is 0 Å². The van der Waals surface area contributed by atoms with Crippen LogP contribution in [0.1, 0.15) is 30.4 Å². The molecule has 1 aromatic rings. The SMILES string of the molecule is Cc1ccc(CNCCC(=O)NC2CC2)c(Cl)c1. The molecule has 0 radical (unpaired) electrons. The van der Waals surface area contributed by atoms with E-state index in [-0.39, 0.29) is 5.91 Å². The Hall–Kier alpha value is -1.06. The molecule has 1 fully saturated rings. The topological polar surface area (TPSA) is 41.1 Å².